The molecule has 0 spiro atoms. The molecule has 0 aromatic rings. The van der Waals surface area contributed by atoms with Crippen molar-refractivity contribution in [2.75, 3.05) is 6.54 Å². The molecule has 0 saturated carbocycles. The van der Waals surface area contributed by atoms with E-state index in [9.17, 15) is 5.11 Å². The van der Waals surface area contributed by atoms with Crippen LogP contribution in [0.4, 0.5) is 0 Å². The van der Waals surface area contributed by atoms with Crippen LogP contribution in [0.25, 0.3) is 0 Å². The summed E-state index contributed by atoms with van der Waals surface area (Å²) in [5, 5.41) is 9.62. The second-order valence-electron chi connectivity index (χ2n) is 3.79. The van der Waals surface area contributed by atoms with Crippen molar-refractivity contribution >= 4 is 0 Å². The molecule has 0 amide bonds. The van der Waals surface area contributed by atoms with Crippen molar-refractivity contribution in [2.45, 2.75) is 44.5 Å². The molecule has 0 aliphatic carbocycles. The fourth-order valence-electron chi connectivity index (χ4n) is 1.60. The van der Waals surface area contributed by atoms with Crippen LogP contribution in [0, 0.1) is 0 Å². The number of hydrogen-bond donors (Lipinski definition) is 2. The zero-order valence-corrected chi connectivity index (χ0v) is 8.20. The zero-order valence-electron chi connectivity index (χ0n) is 8.20. The van der Waals surface area contributed by atoms with Crippen LogP contribution in [0.5, 0.6) is 0 Å². The highest BCUT2D eigenvalue weighted by Crippen LogP contribution is 2.23. The maximum Gasteiger partial charge on any atom is 0.0874 e. The van der Waals surface area contributed by atoms with Gasteiger partial charge in [0, 0.05) is 6.54 Å². The molecular weight excluding hydrogens is 166 g/mol. The first kappa shape index (κ1) is 10.7. The van der Waals surface area contributed by atoms with Crippen molar-refractivity contribution in [3.8, 4) is 0 Å². The van der Waals surface area contributed by atoms with Crippen molar-refractivity contribution < 1.29 is 9.84 Å². The minimum atomic E-state index is -0.348. The molecule has 3 atom stereocenters. The summed E-state index contributed by atoms with van der Waals surface area (Å²) in [6, 6.07) is 0. The number of ether oxygens (including phenoxy) is 1. The highest BCUT2D eigenvalue weighted by atomic mass is 16.5. The van der Waals surface area contributed by atoms with Gasteiger partial charge in [0.15, 0.2) is 0 Å². The first-order chi connectivity index (χ1) is 6.13. The minimum Gasteiger partial charge on any atom is -0.390 e. The molecule has 13 heavy (non-hydrogen) atoms. The Labute approximate surface area is 79.6 Å². The molecule has 1 fully saturated rings. The Morgan fingerprint density at radius 1 is 1.62 bits per heavy atom. The monoisotopic (exact) mass is 185 g/mol. The van der Waals surface area contributed by atoms with E-state index in [-0.39, 0.29) is 18.3 Å². The van der Waals surface area contributed by atoms with Crippen LogP contribution >= 0.6 is 0 Å². The Balaban J connectivity index is 2.41. The van der Waals surface area contributed by atoms with Gasteiger partial charge in [-0.3, -0.25) is 0 Å². The molecular formula is C10H19NO2. The Bertz CT molecular complexity index is 182. The first-order valence-corrected chi connectivity index (χ1v) is 4.83. The summed E-state index contributed by atoms with van der Waals surface area (Å²) < 4.78 is 5.60. The van der Waals surface area contributed by atoms with Crippen molar-refractivity contribution in [1.29, 1.82) is 0 Å². The Morgan fingerprint density at radius 2 is 2.31 bits per heavy atom. The highest BCUT2D eigenvalue weighted by molar-refractivity contribution is 4.99. The van der Waals surface area contributed by atoms with Crippen molar-refractivity contribution in [1.82, 2.24) is 0 Å². The Hall–Kier alpha value is -0.380. The van der Waals surface area contributed by atoms with E-state index in [4.69, 9.17) is 10.5 Å². The predicted octanol–water partition coefficient (Wildman–Crippen LogP) is 0.820. The van der Waals surface area contributed by atoms with Crippen LogP contribution in [0.3, 0.4) is 0 Å². The Morgan fingerprint density at radius 3 is 2.92 bits per heavy atom. The van der Waals surface area contributed by atoms with Crippen molar-refractivity contribution in [3.63, 3.8) is 0 Å². The fraction of sp³-hybridized carbons (Fsp3) is 0.800. The molecule has 76 valence electrons. The lowest BCUT2D eigenvalue weighted by atomic mass is 9.97. The minimum absolute atomic E-state index is 0.0974. The number of aliphatic hydroxyl groups excluding tert-OH is 1. The van der Waals surface area contributed by atoms with Gasteiger partial charge >= 0.3 is 0 Å². The smallest absolute Gasteiger partial charge is 0.0874 e. The van der Waals surface area contributed by atoms with E-state index >= 15 is 0 Å². The molecule has 1 aliphatic heterocycles. The van der Waals surface area contributed by atoms with Gasteiger partial charge in [-0.25, -0.2) is 0 Å². The SMILES string of the molecule is C=C(CN)CC1O[C@@H](C)CCC1O. The molecule has 0 aromatic carbocycles. The first-order valence-electron chi connectivity index (χ1n) is 4.83. The molecule has 0 bridgehead atoms. The van der Waals surface area contributed by atoms with E-state index in [1.807, 2.05) is 6.92 Å². The van der Waals surface area contributed by atoms with Crippen LogP contribution < -0.4 is 5.73 Å². The van der Waals surface area contributed by atoms with E-state index in [1.165, 1.54) is 0 Å². The molecule has 3 heteroatoms. The van der Waals surface area contributed by atoms with Gasteiger partial charge in [0.05, 0.1) is 18.3 Å². The molecule has 2 unspecified atom stereocenters. The average molecular weight is 185 g/mol. The largest absolute Gasteiger partial charge is 0.390 e. The summed E-state index contributed by atoms with van der Waals surface area (Å²) in [6.45, 7) is 6.32. The fourth-order valence-corrected chi connectivity index (χ4v) is 1.60. The summed E-state index contributed by atoms with van der Waals surface area (Å²) in [7, 11) is 0. The Kier molecular flexibility index (Phi) is 3.90. The van der Waals surface area contributed by atoms with Crippen LogP contribution in [0.2, 0.25) is 0 Å². The van der Waals surface area contributed by atoms with E-state index in [0.29, 0.717) is 13.0 Å². The van der Waals surface area contributed by atoms with Gasteiger partial charge in [-0.05, 0) is 26.2 Å². The topological polar surface area (TPSA) is 55.5 Å². The predicted molar refractivity (Wildman–Crippen MR) is 52.4 cm³/mol. The number of rotatable bonds is 3. The summed E-state index contributed by atoms with van der Waals surface area (Å²) in [4.78, 5) is 0. The second kappa shape index (κ2) is 4.74. The molecule has 0 radical (unpaired) electrons. The van der Waals surface area contributed by atoms with Crippen LogP contribution in [0.15, 0.2) is 12.2 Å². The van der Waals surface area contributed by atoms with Crippen LogP contribution in [-0.2, 0) is 4.74 Å². The number of aliphatic hydroxyl groups is 1. The van der Waals surface area contributed by atoms with E-state index in [2.05, 4.69) is 6.58 Å². The van der Waals surface area contributed by atoms with Gasteiger partial charge in [-0.2, -0.15) is 0 Å². The molecule has 3 nitrogen and oxygen atoms in total. The van der Waals surface area contributed by atoms with Crippen LogP contribution in [0.1, 0.15) is 26.2 Å². The van der Waals surface area contributed by atoms with Crippen molar-refractivity contribution in [2.24, 2.45) is 5.73 Å². The summed E-state index contributed by atoms with van der Waals surface area (Å²) in [5.41, 5.74) is 6.38. The summed E-state index contributed by atoms with van der Waals surface area (Å²) in [5.74, 6) is 0. The van der Waals surface area contributed by atoms with Gasteiger partial charge in [0.2, 0.25) is 0 Å². The standard InChI is InChI=1S/C10H19NO2/c1-7(6-11)5-10-9(12)4-3-8(2)13-10/h8-10,12H,1,3-6,11H2,2H3/t8-,9?,10?/m0/s1. The van der Waals surface area contributed by atoms with Gasteiger partial charge in [-0.1, -0.05) is 12.2 Å². The summed E-state index contributed by atoms with van der Waals surface area (Å²) in [6.07, 6.45) is 2.25. The third-order valence-corrected chi connectivity index (χ3v) is 2.48. The number of hydrogen-bond acceptors (Lipinski definition) is 3. The van der Waals surface area contributed by atoms with E-state index < -0.39 is 0 Å². The molecule has 1 heterocycles. The van der Waals surface area contributed by atoms with Crippen molar-refractivity contribution in [3.05, 3.63) is 12.2 Å². The molecule has 1 saturated heterocycles. The quantitative estimate of drug-likeness (QED) is 0.640. The zero-order chi connectivity index (χ0) is 9.84. The molecule has 1 aliphatic rings. The lowest BCUT2D eigenvalue weighted by Gasteiger charge is -2.32. The third-order valence-electron chi connectivity index (χ3n) is 2.48. The number of nitrogens with two attached hydrogens (primary N) is 1. The third kappa shape index (κ3) is 3.10. The lowest BCUT2D eigenvalue weighted by molar-refractivity contribution is -0.109. The van der Waals surface area contributed by atoms with Gasteiger partial charge in [0.1, 0.15) is 0 Å². The molecule has 3 N–H and O–H groups in total. The van der Waals surface area contributed by atoms with Gasteiger partial charge < -0.3 is 15.6 Å². The summed E-state index contributed by atoms with van der Waals surface area (Å²) >= 11 is 0. The maximum absolute atomic E-state index is 9.62. The normalized spacial score (nSPS) is 34.5. The molecule has 1 rings (SSSR count). The van der Waals surface area contributed by atoms with Gasteiger partial charge in [-0.15, -0.1) is 0 Å². The average Bonchev–Trinajstić information content (AvgIpc) is 2.11. The molecule has 0 aromatic heterocycles. The maximum atomic E-state index is 9.62. The van der Waals surface area contributed by atoms with E-state index in [1.54, 1.807) is 0 Å². The van der Waals surface area contributed by atoms with E-state index in [0.717, 1.165) is 18.4 Å². The lowest BCUT2D eigenvalue weighted by Crippen LogP contribution is -2.38. The second-order valence-corrected chi connectivity index (χ2v) is 3.79. The highest BCUT2D eigenvalue weighted by Gasteiger charge is 2.27. The van der Waals surface area contributed by atoms with Crippen LogP contribution in [-0.4, -0.2) is 30.0 Å². The van der Waals surface area contributed by atoms with Gasteiger partial charge in [0.25, 0.3) is 0 Å².